The summed E-state index contributed by atoms with van der Waals surface area (Å²) in [5, 5.41) is 14.2. The number of thioether (sulfide) groups is 1. The van der Waals surface area contributed by atoms with E-state index in [1.807, 2.05) is 30.3 Å². The van der Waals surface area contributed by atoms with Gasteiger partial charge in [-0.1, -0.05) is 42.5 Å². The fraction of sp³-hybridized carbons (Fsp3) is 0.0476. The summed E-state index contributed by atoms with van der Waals surface area (Å²) >= 11 is 1.25. The summed E-state index contributed by atoms with van der Waals surface area (Å²) in [6, 6.07) is 19.4. The molecule has 1 saturated heterocycles. The molecule has 0 bridgehead atoms. The van der Waals surface area contributed by atoms with Crippen molar-refractivity contribution in [3.05, 3.63) is 93.1 Å². The average Bonchev–Trinajstić information content (AvgIpc) is 3.34. The summed E-state index contributed by atoms with van der Waals surface area (Å²) in [6.45, 7) is 0.481. The minimum absolute atomic E-state index is 0.0104. The van der Waals surface area contributed by atoms with Crippen molar-refractivity contribution in [2.45, 2.75) is 6.54 Å². The number of carbonyl (C=O) groups is 1. The summed E-state index contributed by atoms with van der Waals surface area (Å²) < 4.78 is 5.75. The van der Waals surface area contributed by atoms with Gasteiger partial charge in [0.15, 0.2) is 5.17 Å². The molecule has 1 aliphatic heterocycles. The molecule has 29 heavy (non-hydrogen) atoms. The summed E-state index contributed by atoms with van der Waals surface area (Å²) in [6.07, 6.45) is 1.63. The molecular formula is C21H15N3O4S. The van der Waals surface area contributed by atoms with E-state index < -0.39 is 4.92 Å². The highest BCUT2D eigenvalue weighted by atomic mass is 32.2. The van der Waals surface area contributed by atoms with E-state index in [2.05, 4.69) is 10.3 Å². The van der Waals surface area contributed by atoms with Gasteiger partial charge < -0.3 is 9.73 Å². The molecule has 8 heteroatoms. The zero-order chi connectivity index (χ0) is 20.2. The van der Waals surface area contributed by atoms with Gasteiger partial charge in [0, 0.05) is 23.8 Å². The minimum atomic E-state index is -0.453. The number of benzene rings is 2. The molecule has 0 aliphatic carbocycles. The molecule has 0 saturated carbocycles. The van der Waals surface area contributed by atoms with E-state index in [0.29, 0.717) is 33.7 Å². The average molecular weight is 405 g/mol. The van der Waals surface area contributed by atoms with Crippen LogP contribution in [0.5, 0.6) is 0 Å². The van der Waals surface area contributed by atoms with E-state index in [4.69, 9.17) is 4.42 Å². The first-order valence-electron chi connectivity index (χ1n) is 8.72. The first kappa shape index (κ1) is 18.7. The van der Waals surface area contributed by atoms with Crippen molar-refractivity contribution in [1.82, 2.24) is 5.32 Å². The smallest absolute Gasteiger partial charge is 0.270 e. The molecule has 1 aromatic heterocycles. The molecule has 0 spiro atoms. The van der Waals surface area contributed by atoms with Crippen LogP contribution >= 0.6 is 11.8 Å². The van der Waals surface area contributed by atoms with Gasteiger partial charge in [-0.3, -0.25) is 19.9 Å². The van der Waals surface area contributed by atoms with Gasteiger partial charge in [-0.25, -0.2) is 0 Å². The first-order chi connectivity index (χ1) is 14.1. The van der Waals surface area contributed by atoms with Crippen LogP contribution in [-0.2, 0) is 11.3 Å². The van der Waals surface area contributed by atoms with Gasteiger partial charge in [0.2, 0.25) is 0 Å². The van der Waals surface area contributed by atoms with Crippen LogP contribution in [0.4, 0.5) is 5.69 Å². The third-order valence-electron chi connectivity index (χ3n) is 4.14. The zero-order valence-electron chi connectivity index (χ0n) is 15.1. The lowest BCUT2D eigenvalue weighted by molar-refractivity contribution is -0.384. The fourth-order valence-corrected chi connectivity index (χ4v) is 3.54. The van der Waals surface area contributed by atoms with Crippen LogP contribution in [0.3, 0.4) is 0 Å². The van der Waals surface area contributed by atoms with Crippen LogP contribution < -0.4 is 5.32 Å². The maximum Gasteiger partial charge on any atom is 0.270 e. The second-order valence-corrected chi connectivity index (χ2v) is 7.21. The Kier molecular flexibility index (Phi) is 5.26. The number of hydrogen-bond donors (Lipinski definition) is 1. The van der Waals surface area contributed by atoms with Crippen LogP contribution in [0.2, 0.25) is 0 Å². The third kappa shape index (κ3) is 4.44. The van der Waals surface area contributed by atoms with E-state index in [1.54, 1.807) is 30.3 Å². The highest BCUT2D eigenvalue weighted by Crippen LogP contribution is 2.30. The standard InChI is InChI=1S/C21H15N3O4S/c25-20-19(29-21(23-20)22-13-14-5-2-1-3-6-14)12-17-9-10-18(28-17)15-7-4-8-16(11-15)24(26)27/h1-12H,13H2,(H,22,23,25). The maximum absolute atomic E-state index is 12.2. The molecule has 4 rings (SSSR count). The molecule has 7 nitrogen and oxygen atoms in total. The molecule has 1 amide bonds. The Hall–Kier alpha value is -3.65. The lowest BCUT2D eigenvalue weighted by atomic mass is 10.1. The quantitative estimate of drug-likeness (QED) is 0.380. The monoisotopic (exact) mass is 405 g/mol. The SMILES string of the molecule is O=C1NC(=NCc2ccccc2)SC1=Cc1ccc(-c2cccc([N+](=O)[O-])c2)o1. The van der Waals surface area contributed by atoms with Crippen LogP contribution in [0.25, 0.3) is 17.4 Å². The number of rotatable bonds is 5. The van der Waals surface area contributed by atoms with Crippen LogP contribution in [0.1, 0.15) is 11.3 Å². The van der Waals surface area contributed by atoms with Gasteiger partial charge in [0.05, 0.1) is 16.4 Å². The Bertz CT molecular complexity index is 1140. The second-order valence-electron chi connectivity index (χ2n) is 6.18. The molecule has 2 aromatic carbocycles. The predicted octanol–water partition coefficient (Wildman–Crippen LogP) is 4.61. The van der Waals surface area contributed by atoms with E-state index in [0.717, 1.165) is 5.56 Å². The molecule has 0 radical (unpaired) electrons. The van der Waals surface area contributed by atoms with Gasteiger partial charge in [0.1, 0.15) is 11.5 Å². The summed E-state index contributed by atoms with van der Waals surface area (Å²) in [4.78, 5) is 27.6. The maximum atomic E-state index is 12.2. The number of nitrogens with zero attached hydrogens (tertiary/aromatic N) is 2. The molecule has 0 unspecified atom stereocenters. The van der Waals surface area contributed by atoms with E-state index >= 15 is 0 Å². The van der Waals surface area contributed by atoms with E-state index in [9.17, 15) is 14.9 Å². The number of amidine groups is 1. The van der Waals surface area contributed by atoms with Crippen molar-refractivity contribution in [3.63, 3.8) is 0 Å². The summed E-state index contributed by atoms with van der Waals surface area (Å²) in [5.41, 5.74) is 1.64. The normalized spacial score (nSPS) is 16.3. The first-order valence-corrected chi connectivity index (χ1v) is 9.54. The van der Waals surface area contributed by atoms with Gasteiger partial charge in [-0.2, -0.15) is 0 Å². The number of amides is 1. The fourth-order valence-electron chi connectivity index (χ4n) is 2.74. The number of nitro benzene ring substituents is 1. The molecule has 3 aromatic rings. The van der Waals surface area contributed by atoms with Crippen molar-refractivity contribution in [1.29, 1.82) is 0 Å². The molecule has 1 fully saturated rings. The minimum Gasteiger partial charge on any atom is -0.457 e. The molecular weight excluding hydrogens is 390 g/mol. The largest absolute Gasteiger partial charge is 0.457 e. The number of nitrogens with one attached hydrogen (secondary N) is 1. The van der Waals surface area contributed by atoms with Crippen molar-refractivity contribution >= 4 is 34.6 Å². The summed E-state index contributed by atoms with van der Waals surface area (Å²) in [5.74, 6) is 0.727. The van der Waals surface area contributed by atoms with Gasteiger partial charge in [-0.05, 0) is 29.5 Å². The molecule has 0 atom stereocenters. The number of furan rings is 1. The van der Waals surface area contributed by atoms with Crippen LogP contribution in [0.15, 0.2) is 81.0 Å². The Labute approximate surface area is 170 Å². The highest BCUT2D eigenvalue weighted by Gasteiger charge is 2.24. The second kappa shape index (κ2) is 8.15. The van der Waals surface area contributed by atoms with E-state index in [-0.39, 0.29) is 11.6 Å². The predicted molar refractivity (Wildman–Crippen MR) is 112 cm³/mol. The van der Waals surface area contributed by atoms with Gasteiger partial charge in [0.25, 0.3) is 11.6 Å². The molecule has 144 valence electrons. The lowest BCUT2D eigenvalue weighted by Gasteiger charge is -1.97. The molecule has 2 heterocycles. The molecule has 1 N–H and O–H groups in total. The Morgan fingerprint density at radius 1 is 1.10 bits per heavy atom. The zero-order valence-corrected chi connectivity index (χ0v) is 15.9. The Balaban J connectivity index is 1.49. The Morgan fingerprint density at radius 2 is 1.93 bits per heavy atom. The van der Waals surface area contributed by atoms with Crippen molar-refractivity contribution in [2.75, 3.05) is 0 Å². The number of aliphatic imine (C=N–C) groups is 1. The lowest BCUT2D eigenvalue weighted by Crippen LogP contribution is -2.19. The van der Waals surface area contributed by atoms with Crippen LogP contribution in [-0.4, -0.2) is 16.0 Å². The number of hydrogen-bond acceptors (Lipinski definition) is 6. The topological polar surface area (TPSA) is 97.7 Å². The molecule has 1 aliphatic rings. The van der Waals surface area contributed by atoms with Gasteiger partial charge in [-0.15, -0.1) is 0 Å². The number of carbonyl (C=O) groups excluding carboxylic acids is 1. The van der Waals surface area contributed by atoms with Crippen LogP contribution in [0, 0.1) is 10.1 Å². The van der Waals surface area contributed by atoms with Crippen molar-refractivity contribution in [3.8, 4) is 11.3 Å². The number of non-ortho nitro benzene ring substituents is 1. The Morgan fingerprint density at radius 3 is 2.72 bits per heavy atom. The van der Waals surface area contributed by atoms with Gasteiger partial charge >= 0.3 is 0 Å². The third-order valence-corrected chi connectivity index (χ3v) is 5.09. The highest BCUT2D eigenvalue weighted by molar-refractivity contribution is 8.18. The number of nitro groups is 1. The summed E-state index contributed by atoms with van der Waals surface area (Å²) in [7, 11) is 0. The van der Waals surface area contributed by atoms with Crippen molar-refractivity contribution < 1.29 is 14.1 Å². The van der Waals surface area contributed by atoms with Crippen molar-refractivity contribution in [2.24, 2.45) is 4.99 Å². The van der Waals surface area contributed by atoms with E-state index in [1.165, 1.54) is 23.9 Å².